The number of fused-ring (bicyclic) bond motifs is 1. The van der Waals surface area contributed by atoms with Crippen LogP contribution in [-0.2, 0) is 16.3 Å². The lowest BCUT2D eigenvalue weighted by Gasteiger charge is -2.37. The number of nitrogens with one attached hydrogen (secondary N) is 1. The fraction of sp³-hybridized carbons (Fsp3) is 0.125. The van der Waals surface area contributed by atoms with Crippen molar-refractivity contribution in [1.29, 1.82) is 0 Å². The van der Waals surface area contributed by atoms with E-state index >= 15 is 0 Å². The van der Waals surface area contributed by atoms with Gasteiger partial charge < -0.3 is 5.32 Å². The minimum Gasteiger partial charge on any atom is -0.370 e. The number of anilines is 1. The summed E-state index contributed by atoms with van der Waals surface area (Å²) in [5.74, 6) is 0.511. The van der Waals surface area contributed by atoms with Crippen LogP contribution in [0.3, 0.4) is 0 Å². The second-order valence-corrected chi connectivity index (χ2v) is 6.07. The molecule has 3 rings (SSSR count). The molecule has 1 heterocycles. The molecule has 1 N–H and O–H groups in total. The molecular weight excluding hydrogens is 254 g/mol. The van der Waals surface area contributed by atoms with Crippen molar-refractivity contribution in [1.82, 2.24) is 0 Å². The highest BCUT2D eigenvalue weighted by Crippen LogP contribution is 2.37. The monoisotopic (exact) mass is 269 g/mol. The average molecular weight is 269 g/mol. The predicted octanol–water partition coefficient (Wildman–Crippen LogP) is 3.30. The lowest BCUT2D eigenvalue weighted by atomic mass is 9.91. The summed E-state index contributed by atoms with van der Waals surface area (Å²) in [4.78, 5) is 0.871. The first-order chi connectivity index (χ1) is 9.25. The minimum atomic E-state index is -1.02. The Kier molecular flexibility index (Phi) is 2.99. The minimum absolute atomic E-state index is 0.458. The first kappa shape index (κ1) is 12.2. The quantitative estimate of drug-likeness (QED) is 0.848. The van der Waals surface area contributed by atoms with E-state index in [4.69, 9.17) is 0 Å². The van der Waals surface area contributed by atoms with Crippen molar-refractivity contribution in [2.75, 3.05) is 11.1 Å². The van der Waals surface area contributed by atoms with Gasteiger partial charge in [-0.3, -0.25) is 4.21 Å². The van der Waals surface area contributed by atoms with Gasteiger partial charge in [-0.25, -0.2) is 0 Å². The van der Waals surface area contributed by atoms with Crippen molar-refractivity contribution in [2.45, 2.75) is 10.4 Å². The Morgan fingerprint density at radius 2 is 1.79 bits per heavy atom. The third-order valence-corrected chi connectivity index (χ3v) is 5.05. The zero-order valence-corrected chi connectivity index (χ0v) is 11.3. The van der Waals surface area contributed by atoms with Crippen LogP contribution in [0.4, 0.5) is 5.69 Å². The smallest absolute Gasteiger partial charge is 0.0927 e. The Labute approximate surface area is 115 Å². The summed E-state index contributed by atoms with van der Waals surface area (Å²) in [5.41, 5.74) is 1.56. The summed E-state index contributed by atoms with van der Waals surface area (Å²) < 4.78 is 12.5. The van der Waals surface area contributed by atoms with E-state index in [-0.39, 0.29) is 0 Å². The van der Waals surface area contributed by atoms with E-state index in [0.717, 1.165) is 16.1 Å². The molecule has 3 heteroatoms. The van der Waals surface area contributed by atoms with Gasteiger partial charge in [0, 0.05) is 0 Å². The van der Waals surface area contributed by atoms with Crippen LogP contribution >= 0.6 is 0 Å². The molecule has 2 aromatic rings. The van der Waals surface area contributed by atoms with Crippen LogP contribution in [0.25, 0.3) is 0 Å². The molecule has 0 saturated carbocycles. The van der Waals surface area contributed by atoms with Gasteiger partial charge in [0.15, 0.2) is 0 Å². The molecule has 0 spiro atoms. The third-order valence-electron chi connectivity index (χ3n) is 3.49. The maximum absolute atomic E-state index is 12.5. The summed E-state index contributed by atoms with van der Waals surface area (Å²) in [7, 11) is -1.02. The summed E-state index contributed by atoms with van der Waals surface area (Å²) in [6, 6.07) is 17.8. The lowest BCUT2D eigenvalue weighted by Crippen LogP contribution is -2.42. The van der Waals surface area contributed by atoms with Gasteiger partial charge in [0.25, 0.3) is 0 Å². The van der Waals surface area contributed by atoms with E-state index in [2.05, 4.69) is 11.9 Å². The fourth-order valence-corrected chi connectivity index (χ4v) is 3.97. The van der Waals surface area contributed by atoms with Crippen LogP contribution in [0.1, 0.15) is 5.56 Å². The van der Waals surface area contributed by atoms with Crippen molar-refractivity contribution in [2.24, 2.45) is 0 Å². The standard InChI is InChI=1S/C16H15NOS/c1-2-16(13-8-4-3-5-9-13)12-19(18)15-11-7-6-10-14(15)17-16/h2-11,17H,1,12H2. The molecule has 96 valence electrons. The van der Waals surface area contributed by atoms with Gasteiger partial charge in [0.05, 0.1) is 32.7 Å². The maximum Gasteiger partial charge on any atom is 0.0927 e. The van der Waals surface area contributed by atoms with Gasteiger partial charge >= 0.3 is 0 Å². The van der Waals surface area contributed by atoms with Crippen molar-refractivity contribution >= 4 is 16.5 Å². The van der Waals surface area contributed by atoms with Gasteiger partial charge in [-0.1, -0.05) is 48.5 Å². The van der Waals surface area contributed by atoms with Gasteiger partial charge in [0.2, 0.25) is 0 Å². The van der Waals surface area contributed by atoms with E-state index in [1.165, 1.54) is 0 Å². The maximum atomic E-state index is 12.5. The van der Waals surface area contributed by atoms with Crippen molar-refractivity contribution in [3.63, 3.8) is 0 Å². The van der Waals surface area contributed by atoms with E-state index in [0.29, 0.717) is 5.75 Å². The van der Waals surface area contributed by atoms with Gasteiger partial charge in [-0.2, -0.15) is 0 Å². The number of benzene rings is 2. The van der Waals surface area contributed by atoms with E-state index in [9.17, 15) is 4.21 Å². The second kappa shape index (κ2) is 4.67. The Bertz CT molecular complexity index is 638. The first-order valence-corrected chi connectivity index (χ1v) is 7.52. The molecule has 2 nitrogen and oxygen atoms in total. The molecule has 0 bridgehead atoms. The number of hydrogen-bond donors (Lipinski definition) is 1. The number of rotatable bonds is 2. The van der Waals surface area contributed by atoms with Crippen LogP contribution in [-0.4, -0.2) is 9.96 Å². The van der Waals surface area contributed by atoms with Crippen molar-refractivity contribution < 1.29 is 4.21 Å². The molecular formula is C16H15NOS. The molecule has 0 fully saturated rings. The summed E-state index contributed by atoms with van der Waals surface area (Å²) in [6.45, 7) is 3.94. The highest BCUT2D eigenvalue weighted by Gasteiger charge is 2.36. The summed E-state index contributed by atoms with van der Waals surface area (Å²) in [6.07, 6.45) is 1.86. The van der Waals surface area contributed by atoms with Crippen LogP contribution in [0.2, 0.25) is 0 Å². The molecule has 0 saturated heterocycles. The number of hydrogen-bond acceptors (Lipinski definition) is 2. The van der Waals surface area contributed by atoms with Crippen LogP contribution < -0.4 is 5.32 Å². The Morgan fingerprint density at radius 1 is 1.11 bits per heavy atom. The Morgan fingerprint density at radius 3 is 2.53 bits per heavy atom. The molecule has 2 aromatic carbocycles. The first-order valence-electron chi connectivity index (χ1n) is 6.20. The summed E-state index contributed by atoms with van der Waals surface area (Å²) in [5, 5.41) is 3.50. The number of para-hydroxylation sites is 1. The highest BCUT2D eigenvalue weighted by atomic mass is 32.2. The summed E-state index contributed by atoms with van der Waals surface area (Å²) >= 11 is 0. The van der Waals surface area contributed by atoms with Crippen LogP contribution in [0.5, 0.6) is 0 Å². The van der Waals surface area contributed by atoms with Crippen LogP contribution in [0.15, 0.2) is 72.1 Å². The lowest BCUT2D eigenvalue weighted by molar-refractivity contribution is 0.641. The van der Waals surface area contributed by atoms with E-state index < -0.39 is 16.3 Å². The molecule has 1 aliphatic heterocycles. The molecule has 0 aliphatic carbocycles. The normalized spacial score (nSPS) is 25.2. The van der Waals surface area contributed by atoms with E-state index in [1.54, 1.807) is 0 Å². The van der Waals surface area contributed by atoms with Gasteiger partial charge in [-0.05, 0) is 17.7 Å². The second-order valence-electron chi connectivity index (χ2n) is 4.65. The molecule has 1 aliphatic rings. The zero-order chi connectivity index (χ0) is 13.3. The van der Waals surface area contributed by atoms with E-state index in [1.807, 2.05) is 60.7 Å². The van der Waals surface area contributed by atoms with Crippen LogP contribution in [0, 0.1) is 0 Å². The fourth-order valence-electron chi connectivity index (χ4n) is 2.45. The van der Waals surface area contributed by atoms with Gasteiger partial charge in [0.1, 0.15) is 0 Å². The Hall–Kier alpha value is -1.87. The molecule has 0 amide bonds. The molecule has 0 radical (unpaired) electrons. The zero-order valence-electron chi connectivity index (χ0n) is 10.5. The SMILES string of the molecule is C=CC1(c2ccccc2)CS(=O)c2ccccc2N1. The molecule has 2 atom stereocenters. The topological polar surface area (TPSA) is 29.1 Å². The predicted molar refractivity (Wildman–Crippen MR) is 79.7 cm³/mol. The molecule has 19 heavy (non-hydrogen) atoms. The third kappa shape index (κ3) is 2.00. The Balaban J connectivity index is 2.12. The highest BCUT2D eigenvalue weighted by molar-refractivity contribution is 7.85. The molecule has 0 aromatic heterocycles. The van der Waals surface area contributed by atoms with Crippen molar-refractivity contribution in [3.05, 3.63) is 72.8 Å². The largest absolute Gasteiger partial charge is 0.370 e. The van der Waals surface area contributed by atoms with Crippen molar-refractivity contribution in [3.8, 4) is 0 Å². The molecule has 2 unspecified atom stereocenters. The average Bonchev–Trinajstić information content (AvgIpc) is 2.48. The van der Waals surface area contributed by atoms with Gasteiger partial charge in [-0.15, -0.1) is 6.58 Å².